The molecule has 0 bridgehead atoms. The van der Waals surface area contributed by atoms with Gasteiger partial charge in [0.05, 0.1) is 0 Å². The van der Waals surface area contributed by atoms with Crippen LogP contribution in [0.15, 0.2) is 9.98 Å². The standard InChI is InChI=1S/C12H22N4.F6P.Ni/c1-11-10-12(2)16-9-7-14-5-3-4-13-6-8-15-11;1-7(2,3,4,5)6;/h3-10H2,1-2H3;;/q-2;-1;+3. The second-order valence-corrected chi connectivity index (χ2v) is 6.98. The summed E-state index contributed by atoms with van der Waals surface area (Å²) < 4.78 is 59.2. The number of rotatable bonds is 0. The Kier molecular flexibility index (Phi) is 10.9. The van der Waals surface area contributed by atoms with E-state index in [9.17, 15) is 25.2 Å². The van der Waals surface area contributed by atoms with Crippen molar-refractivity contribution in [1.29, 1.82) is 0 Å². The summed E-state index contributed by atoms with van der Waals surface area (Å²) in [4.78, 5) is 8.96. The van der Waals surface area contributed by atoms with Crippen molar-refractivity contribution in [2.45, 2.75) is 26.7 Å². The molecule has 24 heavy (non-hydrogen) atoms. The zero-order valence-electron chi connectivity index (χ0n) is 13.5. The van der Waals surface area contributed by atoms with Gasteiger partial charge in [0.1, 0.15) is 0 Å². The molecule has 0 aromatic heterocycles. The van der Waals surface area contributed by atoms with Crippen LogP contribution in [0.2, 0.25) is 0 Å². The van der Waals surface area contributed by atoms with Crippen LogP contribution in [0, 0.1) is 0 Å². The topological polar surface area (TPSA) is 52.9 Å². The van der Waals surface area contributed by atoms with Gasteiger partial charge in [0.25, 0.3) is 0 Å². The third-order valence-corrected chi connectivity index (χ3v) is 2.42. The fourth-order valence-corrected chi connectivity index (χ4v) is 1.62. The second-order valence-electron chi connectivity index (χ2n) is 5.06. The SMILES string of the molecule is CC1=NCC[N-]CCC[N-]CCN=C(C)C1.F[P-](F)(F)(F)(F)F.[Ni+3]. The molecular weight excluding hydrogens is 404 g/mol. The average Bonchev–Trinajstić information content (AvgIpc) is 2.31. The van der Waals surface area contributed by atoms with Crippen LogP contribution in [0.5, 0.6) is 0 Å². The van der Waals surface area contributed by atoms with Gasteiger partial charge in [-0.2, -0.15) is 13.1 Å². The van der Waals surface area contributed by atoms with Gasteiger partial charge in [-0.15, -0.1) is 13.1 Å². The van der Waals surface area contributed by atoms with E-state index in [1.54, 1.807) is 0 Å². The molecule has 147 valence electrons. The van der Waals surface area contributed by atoms with E-state index in [0.717, 1.165) is 63.5 Å². The van der Waals surface area contributed by atoms with Gasteiger partial charge in [-0.1, -0.05) is 6.42 Å². The van der Waals surface area contributed by atoms with Crippen LogP contribution in [0.3, 0.4) is 0 Å². The molecule has 0 saturated heterocycles. The van der Waals surface area contributed by atoms with Gasteiger partial charge in [-0.25, -0.2) is 0 Å². The fraction of sp³-hybridized carbons (Fsp3) is 0.833. The molecule has 0 spiro atoms. The van der Waals surface area contributed by atoms with Gasteiger partial charge in [0.15, 0.2) is 0 Å². The predicted molar refractivity (Wildman–Crippen MR) is 84.9 cm³/mol. The summed E-state index contributed by atoms with van der Waals surface area (Å²) in [5.41, 5.74) is 2.32. The smallest absolute Gasteiger partial charge is 3.00 e. The minimum Gasteiger partial charge on any atom is 3.00 e. The Labute approximate surface area is 148 Å². The summed E-state index contributed by atoms with van der Waals surface area (Å²) in [5.74, 6) is 0. The molecule has 0 amide bonds. The van der Waals surface area contributed by atoms with Crippen molar-refractivity contribution in [3.8, 4) is 0 Å². The molecular formula is C12H22F6N4NiP. The average molecular weight is 426 g/mol. The molecule has 1 radical (unpaired) electrons. The Morgan fingerprint density at radius 3 is 1.42 bits per heavy atom. The van der Waals surface area contributed by atoms with Crippen molar-refractivity contribution in [2.75, 3.05) is 39.3 Å². The molecule has 0 unspecified atom stereocenters. The number of nitrogens with zero attached hydrogens (tertiary/aromatic N) is 4. The van der Waals surface area contributed by atoms with E-state index in [0.29, 0.717) is 0 Å². The van der Waals surface area contributed by atoms with E-state index >= 15 is 0 Å². The van der Waals surface area contributed by atoms with Crippen molar-refractivity contribution in [2.24, 2.45) is 9.98 Å². The molecule has 0 aromatic carbocycles. The minimum absolute atomic E-state index is 0. The zero-order valence-corrected chi connectivity index (χ0v) is 15.4. The first kappa shape index (κ1) is 26.0. The fourth-order valence-electron chi connectivity index (χ4n) is 1.62. The molecule has 0 saturated carbocycles. The van der Waals surface area contributed by atoms with Crippen molar-refractivity contribution in [3.63, 3.8) is 0 Å². The molecule has 0 aromatic rings. The van der Waals surface area contributed by atoms with Crippen LogP contribution in [0.4, 0.5) is 25.2 Å². The third kappa shape index (κ3) is 29.7. The molecule has 1 aliphatic heterocycles. The van der Waals surface area contributed by atoms with E-state index in [1.807, 2.05) is 0 Å². The van der Waals surface area contributed by atoms with E-state index in [1.165, 1.54) is 0 Å². The molecule has 4 nitrogen and oxygen atoms in total. The Morgan fingerprint density at radius 1 is 0.750 bits per heavy atom. The van der Waals surface area contributed by atoms with Crippen LogP contribution in [-0.2, 0) is 16.5 Å². The summed E-state index contributed by atoms with van der Waals surface area (Å²) in [6.07, 6.45) is 1.95. The van der Waals surface area contributed by atoms with E-state index in [4.69, 9.17) is 0 Å². The minimum atomic E-state index is -10.7. The summed E-state index contributed by atoms with van der Waals surface area (Å²) in [6, 6.07) is 0. The quantitative estimate of drug-likeness (QED) is 0.266. The van der Waals surface area contributed by atoms with Gasteiger partial charge < -0.3 is 10.6 Å². The summed E-state index contributed by atoms with van der Waals surface area (Å²) in [7, 11) is -10.7. The number of hydrogen-bond acceptors (Lipinski definition) is 2. The molecule has 0 N–H and O–H groups in total. The van der Waals surface area contributed by atoms with Gasteiger partial charge in [0.2, 0.25) is 0 Å². The maximum Gasteiger partial charge on any atom is 3.00 e. The van der Waals surface area contributed by atoms with Gasteiger partial charge in [0, 0.05) is 30.9 Å². The van der Waals surface area contributed by atoms with Crippen molar-refractivity contribution < 1.29 is 41.7 Å². The normalized spacial score (nSPS) is 21.3. The van der Waals surface area contributed by atoms with Crippen LogP contribution < -0.4 is 0 Å². The second kappa shape index (κ2) is 10.0. The molecule has 0 aliphatic carbocycles. The van der Waals surface area contributed by atoms with Crippen LogP contribution >= 0.6 is 7.81 Å². The van der Waals surface area contributed by atoms with Gasteiger partial charge in [-0.05, 0) is 13.8 Å². The van der Waals surface area contributed by atoms with Crippen LogP contribution in [0.1, 0.15) is 26.7 Å². The molecule has 12 heteroatoms. The summed E-state index contributed by atoms with van der Waals surface area (Å²) in [5, 5.41) is 8.83. The first-order valence-electron chi connectivity index (χ1n) is 7.07. The van der Waals surface area contributed by atoms with Crippen molar-refractivity contribution in [1.82, 2.24) is 0 Å². The maximum atomic E-state index is 9.87. The first-order valence-corrected chi connectivity index (χ1v) is 9.09. The van der Waals surface area contributed by atoms with Gasteiger partial charge in [-0.3, -0.25) is 9.98 Å². The molecule has 0 fully saturated rings. The number of aliphatic imine (C=N–C) groups is 2. The molecule has 1 heterocycles. The Morgan fingerprint density at radius 2 is 1.08 bits per heavy atom. The largest absolute Gasteiger partial charge is 3.00 e. The van der Waals surface area contributed by atoms with E-state index in [-0.39, 0.29) is 16.5 Å². The predicted octanol–water partition coefficient (Wildman–Crippen LogP) is 5.83. The van der Waals surface area contributed by atoms with E-state index in [2.05, 4.69) is 34.5 Å². The molecule has 1 aliphatic rings. The third-order valence-electron chi connectivity index (χ3n) is 2.42. The number of halogens is 6. The monoisotopic (exact) mass is 425 g/mol. The van der Waals surface area contributed by atoms with Crippen LogP contribution in [-0.4, -0.2) is 50.7 Å². The van der Waals surface area contributed by atoms with Crippen molar-refractivity contribution in [3.05, 3.63) is 10.6 Å². The molecule has 0 atom stereocenters. The Balaban J connectivity index is 0. The summed E-state index contributed by atoms with van der Waals surface area (Å²) >= 11 is 0. The Hall–Kier alpha value is -0.236. The number of hydrogen-bond donors (Lipinski definition) is 0. The maximum absolute atomic E-state index is 10.7. The first-order chi connectivity index (χ1) is 10.2. The van der Waals surface area contributed by atoms with E-state index < -0.39 is 7.81 Å². The van der Waals surface area contributed by atoms with Crippen molar-refractivity contribution >= 4 is 19.2 Å². The molecule has 1 rings (SSSR count). The van der Waals surface area contributed by atoms with Crippen LogP contribution in [0.25, 0.3) is 10.6 Å². The Bertz CT molecular complexity index is 388. The summed E-state index contributed by atoms with van der Waals surface area (Å²) in [6.45, 7) is 9.28. The zero-order chi connectivity index (χ0) is 18.0. The van der Waals surface area contributed by atoms with Gasteiger partial charge >= 0.3 is 49.5 Å².